The maximum absolute atomic E-state index is 13.6. The van der Waals surface area contributed by atoms with E-state index in [1.807, 2.05) is 0 Å². The van der Waals surface area contributed by atoms with Crippen LogP contribution >= 0.6 is 0 Å². The number of Topliss-reactive ketones (excluding diaryl/α,β-unsaturated/α-hetero) is 1. The molecule has 4 nitrogen and oxygen atoms in total. The monoisotopic (exact) mass is 301 g/mol. The van der Waals surface area contributed by atoms with Gasteiger partial charge in [-0.05, 0) is 30.7 Å². The summed E-state index contributed by atoms with van der Waals surface area (Å²) in [6, 6.07) is 11.0. The van der Waals surface area contributed by atoms with Gasteiger partial charge in [0.1, 0.15) is 0 Å². The largest absolute Gasteiger partial charge is 0.494 e. The third kappa shape index (κ3) is 3.49. The number of halogens is 1. The molecule has 2 aromatic carbocycles. The molecule has 5 heteroatoms. The summed E-state index contributed by atoms with van der Waals surface area (Å²) in [6.45, 7) is 1.57. The Morgan fingerprint density at radius 1 is 1.14 bits per heavy atom. The molecule has 0 aliphatic rings. The maximum Gasteiger partial charge on any atom is 0.252 e. The van der Waals surface area contributed by atoms with Crippen molar-refractivity contribution in [1.29, 1.82) is 0 Å². The van der Waals surface area contributed by atoms with Gasteiger partial charge in [0.15, 0.2) is 17.3 Å². The number of carbonyl (C=O) groups excluding carboxylic acids is 2. The molecular formula is C17H16FNO3. The van der Waals surface area contributed by atoms with Crippen molar-refractivity contribution in [2.45, 2.75) is 13.5 Å². The van der Waals surface area contributed by atoms with Gasteiger partial charge in [0, 0.05) is 12.1 Å². The molecule has 0 bridgehead atoms. The van der Waals surface area contributed by atoms with E-state index in [4.69, 9.17) is 4.74 Å². The molecule has 0 saturated carbocycles. The van der Waals surface area contributed by atoms with Gasteiger partial charge >= 0.3 is 0 Å². The van der Waals surface area contributed by atoms with Crippen molar-refractivity contribution < 1.29 is 18.7 Å². The summed E-state index contributed by atoms with van der Waals surface area (Å²) >= 11 is 0. The zero-order valence-electron chi connectivity index (χ0n) is 12.4. The van der Waals surface area contributed by atoms with Crippen LogP contribution in [0.15, 0.2) is 42.5 Å². The molecule has 1 N–H and O–H groups in total. The van der Waals surface area contributed by atoms with Crippen molar-refractivity contribution in [3.05, 3.63) is 65.0 Å². The normalized spacial score (nSPS) is 10.1. The van der Waals surface area contributed by atoms with Crippen LogP contribution in [0.2, 0.25) is 0 Å². The lowest BCUT2D eigenvalue weighted by molar-refractivity contribution is 0.0936. The third-order valence-corrected chi connectivity index (χ3v) is 3.22. The Morgan fingerprint density at radius 3 is 2.41 bits per heavy atom. The number of ketones is 1. The van der Waals surface area contributed by atoms with Crippen LogP contribution in [0.4, 0.5) is 4.39 Å². The molecule has 0 aliphatic heterocycles. The van der Waals surface area contributed by atoms with Crippen molar-refractivity contribution in [3.8, 4) is 5.75 Å². The molecule has 0 spiro atoms. The SMILES string of the molecule is COc1ccc(CNC(=O)c2ccccc2C(C)=O)cc1F. The van der Waals surface area contributed by atoms with E-state index in [-0.39, 0.29) is 24.0 Å². The lowest BCUT2D eigenvalue weighted by Crippen LogP contribution is -2.24. The summed E-state index contributed by atoms with van der Waals surface area (Å²) in [4.78, 5) is 23.7. The van der Waals surface area contributed by atoms with Gasteiger partial charge in [0.05, 0.1) is 12.7 Å². The van der Waals surface area contributed by atoms with Gasteiger partial charge in [-0.3, -0.25) is 9.59 Å². The Hall–Kier alpha value is -2.69. The first-order valence-electron chi connectivity index (χ1n) is 6.73. The number of nitrogens with one attached hydrogen (secondary N) is 1. The van der Waals surface area contributed by atoms with E-state index in [9.17, 15) is 14.0 Å². The summed E-state index contributed by atoms with van der Waals surface area (Å²) in [7, 11) is 1.39. The lowest BCUT2D eigenvalue weighted by atomic mass is 10.0. The van der Waals surface area contributed by atoms with Crippen LogP contribution < -0.4 is 10.1 Å². The molecule has 22 heavy (non-hydrogen) atoms. The van der Waals surface area contributed by atoms with Crippen LogP contribution in [-0.2, 0) is 6.54 Å². The van der Waals surface area contributed by atoms with Crippen molar-refractivity contribution in [1.82, 2.24) is 5.32 Å². The summed E-state index contributed by atoms with van der Waals surface area (Å²) in [5.41, 5.74) is 1.27. The first kappa shape index (κ1) is 15.7. The predicted molar refractivity (Wildman–Crippen MR) is 80.6 cm³/mol. The summed E-state index contributed by atoms with van der Waals surface area (Å²) in [5, 5.41) is 2.68. The van der Waals surface area contributed by atoms with Crippen molar-refractivity contribution >= 4 is 11.7 Å². The number of rotatable bonds is 5. The number of benzene rings is 2. The highest BCUT2D eigenvalue weighted by Crippen LogP contribution is 2.17. The Balaban J connectivity index is 2.10. The van der Waals surface area contributed by atoms with E-state index in [1.165, 1.54) is 26.2 Å². The summed E-state index contributed by atoms with van der Waals surface area (Å²) < 4.78 is 18.4. The van der Waals surface area contributed by atoms with E-state index in [1.54, 1.807) is 30.3 Å². The lowest BCUT2D eigenvalue weighted by Gasteiger charge is -2.09. The molecule has 0 radical (unpaired) electrons. The van der Waals surface area contributed by atoms with Crippen molar-refractivity contribution in [2.75, 3.05) is 7.11 Å². The van der Waals surface area contributed by atoms with E-state index in [0.717, 1.165) is 0 Å². The van der Waals surface area contributed by atoms with Crippen LogP contribution in [0.3, 0.4) is 0 Å². The molecule has 0 unspecified atom stereocenters. The highest BCUT2D eigenvalue weighted by molar-refractivity contribution is 6.07. The fraction of sp³-hybridized carbons (Fsp3) is 0.176. The summed E-state index contributed by atoms with van der Waals surface area (Å²) in [6.07, 6.45) is 0. The Kier molecular flexibility index (Phi) is 4.88. The molecule has 0 atom stereocenters. The third-order valence-electron chi connectivity index (χ3n) is 3.22. The standard InChI is InChI=1S/C17H16FNO3/c1-11(20)13-5-3-4-6-14(13)17(21)19-10-12-7-8-16(22-2)15(18)9-12/h3-9H,10H2,1-2H3,(H,19,21). The number of hydrogen-bond acceptors (Lipinski definition) is 3. The van der Waals surface area contributed by atoms with E-state index >= 15 is 0 Å². The fourth-order valence-electron chi connectivity index (χ4n) is 2.09. The molecule has 0 aromatic heterocycles. The molecular weight excluding hydrogens is 285 g/mol. The molecule has 2 rings (SSSR count). The highest BCUT2D eigenvalue weighted by atomic mass is 19.1. The topological polar surface area (TPSA) is 55.4 Å². The molecule has 0 fully saturated rings. The smallest absolute Gasteiger partial charge is 0.252 e. The second kappa shape index (κ2) is 6.85. The number of ether oxygens (including phenoxy) is 1. The minimum absolute atomic E-state index is 0.150. The first-order chi connectivity index (χ1) is 10.5. The second-order valence-electron chi connectivity index (χ2n) is 4.75. The van der Waals surface area contributed by atoms with Crippen molar-refractivity contribution in [2.24, 2.45) is 0 Å². The van der Waals surface area contributed by atoms with Gasteiger partial charge in [-0.15, -0.1) is 0 Å². The Labute approximate surface area is 127 Å². The molecule has 114 valence electrons. The fourth-order valence-corrected chi connectivity index (χ4v) is 2.09. The quantitative estimate of drug-likeness (QED) is 0.864. The minimum Gasteiger partial charge on any atom is -0.494 e. The van der Waals surface area contributed by atoms with E-state index < -0.39 is 5.82 Å². The van der Waals surface area contributed by atoms with Gasteiger partial charge in [-0.1, -0.05) is 24.3 Å². The molecule has 0 saturated heterocycles. The average molecular weight is 301 g/mol. The van der Waals surface area contributed by atoms with Gasteiger partial charge in [-0.25, -0.2) is 4.39 Å². The second-order valence-corrected chi connectivity index (χ2v) is 4.75. The molecule has 1 amide bonds. The van der Waals surface area contributed by atoms with Crippen LogP contribution in [0.25, 0.3) is 0 Å². The van der Waals surface area contributed by atoms with Gasteiger partial charge < -0.3 is 10.1 Å². The number of methoxy groups -OCH3 is 1. The average Bonchev–Trinajstić information content (AvgIpc) is 2.52. The van der Waals surface area contributed by atoms with Crippen molar-refractivity contribution in [3.63, 3.8) is 0 Å². The first-order valence-corrected chi connectivity index (χ1v) is 6.73. The maximum atomic E-state index is 13.6. The highest BCUT2D eigenvalue weighted by Gasteiger charge is 2.13. The van der Waals surface area contributed by atoms with Crippen LogP contribution in [0.5, 0.6) is 5.75 Å². The van der Waals surface area contributed by atoms with Crippen LogP contribution in [-0.4, -0.2) is 18.8 Å². The van der Waals surface area contributed by atoms with E-state index in [2.05, 4.69) is 5.32 Å². The number of hydrogen-bond donors (Lipinski definition) is 1. The van der Waals surface area contributed by atoms with Gasteiger partial charge in [0.25, 0.3) is 5.91 Å². The number of carbonyl (C=O) groups is 2. The van der Waals surface area contributed by atoms with Gasteiger partial charge in [-0.2, -0.15) is 0 Å². The zero-order chi connectivity index (χ0) is 16.1. The molecule has 0 heterocycles. The Bertz CT molecular complexity index is 713. The zero-order valence-corrected chi connectivity index (χ0v) is 12.4. The number of amides is 1. The van der Waals surface area contributed by atoms with Crippen LogP contribution in [0.1, 0.15) is 33.2 Å². The van der Waals surface area contributed by atoms with E-state index in [0.29, 0.717) is 16.7 Å². The predicted octanol–water partition coefficient (Wildman–Crippen LogP) is 2.97. The minimum atomic E-state index is -0.488. The molecule has 0 aliphatic carbocycles. The van der Waals surface area contributed by atoms with Crippen LogP contribution in [0, 0.1) is 5.82 Å². The Morgan fingerprint density at radius 2 is 1.82 bits per heavy atom. The summed E-state index contributed by atoms with van der Waals surface area (Å²) in [5.74, 6) is -0.890. The molecule has 2 aromatic rings. The van der Waals surface area contributed by atoms with Gasteiger partial charge in [0.2, 0.25) is 0 Å².